The van der Waals surface area contributed by atoms with Crippen molar-refractivity contribution in [2.24, 2.45) is 4.99 Å². The molecule has 1 fully saturated rings. The molecule has 0 saturated carbocycles. The number of carbonyl (C=O) groups is 1. The van der Waals surface area contributed by atoms with Gasteiger partial charge in [0.15, 0.2) is 0 Å². The minimum Gasteiger partial charge on any atom is -0.508 e. The molecule has 1 atom stereocenters. The van der Waals surface area contributed by atoms with E-state index in [2.05, 4.69) is 5.32 Å². The van der Waals surface area contributed by atoms with Crippen molar-refractivity contribution in [2.75, 3.05) is 6.54 Å². The molecule has 1 amide bonds. The van der Waals surface area contributed by atoms with Crippen molar-refractivity contribution < 1.29 is 15.0 Å². The van der Waals surface area contributed by atoms with E-state index >= 15 is 0 Å². The van der Waals surface area contributed by atoms with Gasteiger partial charge in [-0.2, -0.15) is 0 Å². The number of carbonyl (C=O) groups excluding carboxylic acids is 1. The van der Waals surface area contributed by atoms with Crippen molar-refractivity contribution >= 4 is 17.3 Å². The van der Waals surface area contributed by atoms with E-state index in [-0.39, 0.29) is 23.4 Å². The van der Waals surface area contributed by atoms with Crippen molar-refractivity contribution in [1.82, 2.24) is 10.2 Å². The summed E-state index contributed by atoms with van der Waals surface area (Å²) < 4.78 is 0. The second-order valence-electron chi connectivity index (χ2n) is 6.14. The predicted octanol–water partition coefficient (Wildman–Crippen LogP) is 2.05. The van der Waals surface area contributed by atoms with E-state index in [4.69, 9.17) is 4.99 Å². The van der Waals surface area contributed by atoms with Gasteiger partial charge in [0.1, 0.15) is 29.1 Å². The molecule has 2 aromatic carbocycles. The number of rotatable bonds is 2. The third-order valence-corrected chi connectivity index (χ3v) is 4.38. The number of phenols is 2. The average Bonchev–Trinajstić information content (AvgIpc) is 2.90. The lowest BCUT2D eigenvalue weighted by Crippen LogP contribution is -2.35. The SMILES string of the molecule is CC1NC2=C(c3ccc(O)cc3)N=C(c3ccc(O)cc3)CN2C1=O. The van der Waals surface area contributed by atoms with Crippen molar-refractivity contribution in [2.45, 2.75) is 13.0 Å². The van der Waals surface area contributed by atoms with E-state index in [0.29, 0.717) is 18.1 Å². The summed E-state index contributed by atoms with van der Waals surface area (Å²) in [6.07, 6.45) is 0. The van der Waals surface area contributed by atoms with Crippen LogP contribution in [0.15, 0.2) is 59.3 Å². The van der Waals surface area contributed by atoms with Crippen LogP contribution in [0.2, 0.25) is 0 Å². The maximum Gasteiger partial charge on any atom is 0.250 e. The molecule has 4 rings (SSSR count). The fraction of sp³-hybridized carbons (Fsp3) is 0.158. The smallest absolute Gasteiger partial charge is 0.250 e. The molecule has 0 spiro atoms. The molecule has 0 aromatic heterocycles. The summed E-state index contributed by atoms with van der Waals surface area (Å²) in [5.74, 6) is 1.04. The monoisotopic (exact) mass is 335 g/mol. The lowest BCUT2D eigenvalue weighted by Gasteiger charge is -2.25. The Morgan fingerprint density at radius 2 is 1.56 bits per heavy atom. The summed E-state index contributed by atoms with van der Waals surface area (Å²) in [5, 5.41) is 22.2. The number of aliphatic imine (C=N–C) groups is 1. The molecule has 25 heavy (non-hydrogen) atoms. The van der Waals surface area contributed by atoms with Gasteiger partial charge in [-0.1, -0.05) is 0 Å². The van der Waals surface area contributed by atoms with Crippen LogP contribution in [0.1, 0.15) is 18.1 Å². The van der Waals surface area contributed by atoms with E-state index in [9.17, 15) is 15.0 Å². The Kier molecular flexibility index (Phi) is 3.46. The van der Waals surface area contributed by atoms with Gasteiger partial charge in [-0.25, -0.2) is 4.99 Å². The molecule has 0 aliphatic carbocycles. The average molecular weight is 335 g/mol. The summed E-state index contributed by atoms with van der Waals surface area (Å²) in [7, 11) is 0. The van der Waals surface area contributed by atoms with Crippen molar-refractivity contribution in [1.29, 1.82) is 0 Å². The standard InChI is InChI=1S/C19H17N3O3/c1-11-19(25)22-10-16(12-2-6-14(23)7-3-12)21-17(18(22)20-11)13-4-8-15(24)9-5-13/h2-9,11,20,23-24H,10H2,1H3. The van der Waals surface area contributed by atoms with Crippen LogP contribution in [-0.2, 0) is 4.79 Å². The molecular weight excluding hydrogens is 318 g/mol. The highest BCUT2D eigenvalue weighted by molar-refractivity contribution is 6.09. The van der Waals surface area contributed by atoms with E-state index in [0.717, 1.165) is 16.8 Å². The van der Waals surface area contributed by atoms with Crippen LogP contribution in [0.4, 0.5) is 0 Å². The summed E-state index contributed by atoms with van der Waals surface area (Å²) >= 11 is 0. The lowest BCUT2D eigenvalue weighted by atomic mass is 10.1. The zero-order valence-electron chi connectivity index (χ0n) is 13.6. The fourth-order valence-electron chi connectivity index (χ4n) is 3.05. The molecule has 1 saturated heterocycles. The van der Waals surface area contributed by atoms with E-state index in [1.807, 2.05) is 6.92 Å². The Morgan fingerprint density at radius 3 is 2.16 bits per heavy atom. The molecule has 3 N–H and O–H groups in total. The minimum absolute atomic E-state index is 0.00235. The number of fused-ring (bicyclic) bond motifs is 1. The fourth-order valence-corrected chi connectivity index (χ4v) is 3.05. The highest BCUT2D eigenvalue weighted by atomic mass is 16.3. The van der Waals surface area contributed by atoms with Crippen LogP contribution in [0.3, 0.4) is 0 Å². The van der Waals surface area contributed by atoms with E-state index < -0.39 is 0 Å². The van der Waals surface area contributed by atoms with Crippen molar-refractivity contribution in [3.05, 3.63) is 65.5 Å². The zero-order valence-corrected chi connectivity index (χ0v) is 13.6. The molecule has 1 unspecified atom stereocenters. The second kappa shape index (κ2) is 5.66. The van der Waals surface area contributed by atoms with Crippen LogP contribution < -0.4 is 5.32 Å². The quantitative estimate of drug-likeness (QED) is 0.784. The Hall–Kier alpha value is -3.28. The normalized spacial score (nSPS) is 19.6. The Bertz CT molecular complexity index is 899. The van der Waals surface area contributed by atoms with Crippen LogP contribution >= 0.6 is 0 Å². The van der Waals surface area contributed by atoms with Gasteiger partial charge in [0.05, 0.1) is 12.3 Å². The third-order valence-electron chi connectivity index (χ3n) is 4.38. The maximum absolute atomic E-state index is 12.5. The number of hydrogen-bond donors (Lipinski definition) is 3. The Labute approximate surface area is 144 Å². The largest absolute Gasteiger partial charge is 0.508 e. The number of nitrogens with one attached hydrogen (secondary N) is 1. The van der Waals surface area contributed by atoms with E-state index in [1.165, 1.54) is 0 Å². The first kappa shape index (κ1) is 15.3. The van der Waals surface area contributed by atoms with Crippen molar-refractivity contribution in [3.8, 4) is 11.5 Å². The van der Waals surface area contributed by atoms with Crippen LogP contribution in [0.25, 0.3) is 5.70 Å². The third kappa shape index (κ3) is 2.61. The van der Waals surface area contributed by atoms with Gasteiger partial charge in [0.2, 0.25) is 0 Å². The number of aromatic hydroxyl groups is 2. The van der Waals surface area contributed by atoms with Crippen LogP contribution in [0.5, 0.6) is 11.5 Å². The van der Waals surface area contributed by atoms with Gasteiger partial charge in [0.25, 0.3) is 5.91 Å². The first-order chi connectivity index (χ1) is 12.0. The zero-order chi connectivity index (χ0) is 17.6. The topological polar surface area (TPSA) is 85.2 Å². The number of nitrogens with zero attached hydrogens (tertiary/aromatic N) is 2. The predicted molar refractivity (Wildman–Crippen MR) is 94.0 cm³/mol. The maximum atomic E-state index is 12.5. The van der Waals surface area contributed by atoms with Gasteiger partial charge in [-0.05, 0) is 61.0 Å². The molecular formula is C19H17N3O3. The Morgan fingerprint density at radius 1 is 1.00 bits per heavy atom. The number of amides is 1. The van der Waals surface area contributed by atoms with Gasteiger partial charge in [0, 0.05) is 5.56 Å². The molecule has 2 heterocycles. The first-order valence-electron chi connectivity index (χ1n) is 8.01. The molecule has 0 bridgehead atoms. The lowest BCUT2D eigenvalue weighted by molar-refractivity contribution is -0.127. The molecule has 2 aliphatic rings. The highest BCUT2D eigenvalue weighted by Crippen LogP contribution is 2.31. The summed E-state index contributed by atoms with van der Waals surface area (Å²) in [6.45, 7) is 2.19. The molecule has 2 aromatic rings. The van der Waals surface area contributed by atoms with Crippen LogP contribution in [0, 0.1) is 0 Å². The number of benzene rings is 2. The summed E-state index contributed by atoms with van der Waals surface area (Å²) in [6, 6.07) is 13.2. The second-order valence-corrected chi connectivity index (χ2v) is 6.14. The highest BCUT2D eigenvalue weighted by Gasteiger charge is 2.37. The van der Waals surface area contributed by atoms with Crippen molar-refractivity contribution in [3.63, 3.8) is 0 Å². The van der Waals surface area contributed by atoms with Gasteiger partial charge in [-0.3, -0.25) is 9.69 Å². The molecule has 2 aliphatic heterocycles. The summed E-state index contributed by atoms with van der Waals surface area (Å²) in [4.78, 5) is 19.0. The van der Waals surface area contributed by atoms with E-state index in [1.54, 1.807) is 53.4 Å². The molecule has 6 heteroatoms. The van der Waals surface area contributed by atoms with Gasteiger partial charge >= 0.3 is 0 Å². The Balaban J connectivity index is 1.84. The van der Waals surface area contributed by atoms with Gasteiger partial charge in [-0.15, -0.1) is 0 Å². The molecule has 0 radical (unpaired) electrons. The van der Waals surface area contributed by atoms with Crippen LogP contribution in [-0.4, -0.2) is 39.3 Å². The van der Waals surface area contributed by atoms with Gasteiger partial charge < -0.3 is 15.5 Å². The molecule has 126 valence electrons. The summed E-state index contributed by atoms with van der Waals surface area (Å²) in [5.41, 5.74) is 3.06. The number of hydrogen-bond acceptors (Lipinski definition) is 5. The minimum atomic E-state index is -0.309. The first-order valence-corrected chi connectivity index (χ1v) is 8.01. The number of phenolic OH excluding ortho intramolecular Hbond substituents is 2. The molecule has 6 nitrogen and oxygen atoms in total.